The maximum absolute atomic E-state index is 6.22. The fourth-order valence-electron chi connectivity index (χ4n) is 2.36. The minimum absolute atomic E-state index is 0.112. The molecule has 5 N–H and O–H groups in total. The van der Waals surface area contributed by atoms with Crippen LogP contribution < -0.4 is 16.8 Å². The van der Waals surface area contributed by atoms with E-state index in [1.54, 1.807) is 0 Å². The zero-order valence-electron chi connectivity index (χ0n) is 12.4. The monoisotopic (exact) mass is 261 g/mol. The van der Waals surface area contributed by atoms with Crippen LogP contribution in [0.4, 0.5) is 0 Å². The molecule has 2 unspecified atom stereocenters. The highest BCUT2D eigenvalue weighted by Gasteiger charge is 2.13. The van der Waals surface area contributed by atoms with Gasteiger partial charge in [-0.1, -0.05) is 29.9 Å². The second-order valence-electron chi connectivity index (χ2n) is 5.28. The van der Waals surface area contributed by atoms with E-state index in [-0.39, 0.29) is 12.1 Å². The molecule has 0 aromatic heterocycles. The van der Waals surface area contributed by atoms with Gasteiger partial charge in [-0.3, -0.25) is 0 Å². The highest BCUT2D eigenvalue weighted by atomic mass is 14.9. The van der Waals surface area contributed by atoms with E-state index in [2.05, 4.69) is 31.0 Å². The molecule has 0 fully saturated rings. The van der Waals surface area contributed by atoms with Crippen LogP contribution in [-0.4, -0.2) is 19.1 Å². The third kappa shape index (κ3) is 4.69. The minimum atomic E-state index is -0.112. The van der Waals surface area contributed by atoms with Gasteiger partial charge in [-0.2, -0.15) is 0 Å². The predicted octanol–water partition coefficient (Wildman–Crippen LogP) is 2.38. The summed E-state index contributed by atoms with van der Waals surface area (Å²) in [6, 6.07) is 0.0969. The van der Waals surface area contributed by atoms with Crippen LogP contribution in [0.15, 0.2) is 47.2 Å². The van der Waals surface area contributed by atoms with E-state index in [1.807, 2.05) is 20.0 Å². The van der Waals surface area contributed by atoms with Gasteiger partial charge in [0.1, 0.15) is 0 Å². The summed E-state index contributed by atoms with van der Waals surface area (Å²) in [4.78, 5) is 0. The quantitative estimate of drug-likeness (QED) is 0.643. The second-order valence-corrected chi connectivity index (χ2v) is 5.28. The molecule has 0 amide bonds. The molecule has 1 aliphatic carbocycles. The Balaban J connectivity index is 2.70. The zero-order chi connectivity index (χ0) is 14.4. The highest BCUT2D eigenvalue weighted by Crippen LogP contribution is 2.21. The van der Waals surface area contributed by atoms with E-state index >= 15 is 0 Å². The fourth-order valence-corrected chi connectivity index (χ4v) is 2.36. The standard InChI is InChI=1S/C16H27N3/c1-11(2)16(19-4)10-13(17)9-15(18)14-8-6-5-7-12(14)3/h7-9,15-16,19H,1,5-6,10,17-18H2,2-4H3/b13-9-. The first-order chi connectivity index (χ1) is 8.95. The summed E-state index contributed by atoms with van der Waals surface area (Å²) in [5, 5.41) is 3.21. The summed E-state index contributed by atoms with van der Waals surface area (Å²) in [5.41, 5.74) is 16.7. The zero-order valence-corrected chi connectivity index (χ0v) is 12.4. The Hall–Kier alpha value is -1.32. The van der Waals surface area contributed by atoms with Crippen molar-refractivity contribution in [1.29, 1.82) is 0 Å². The Morgan fingerprint density at radius 3 is 2.63 bits per heavy atom. The Morgan fingerprint density at radius 1 is 1.47 bits per heavy atom. The van der Waals surface area contributed by atoms with Crippen molar-refractivity contribution in [2.24, 2.45) is 11.5 Å². The van der Waals surface area contributed by atoms with Gasteiger partial charge in [-0.15, -0.1) is 0 Å². The van der Waals surface area contributed by atoms with Crippen molar-refractivity contribution in [3.8, 4) is 0 Å². The molecule has 3 nitrogen and oxygen atoms in total. The molecular formula is C16H27N3. The van der Waals surface area contributed by atoms with E-state index in [1.165, 1.54) is 11.1 Å². The van der Waals surface area contributed by atoms with Crippen molar-refractivity contribution in [3.05, 3.63) is 47.2 Å². The normalized spacial score (nSPS) is 19.5. The van der Waals surface area contributed by atoms with Crippen molar-refractivity contribution in [1.82, 2.24) is 5.32 Å². The van der Waals surface area contributed by atoms with Crippen LogP contribution in [0.1, 0.15) is 33.1 Å². The van der Waals surface area contributed by atoms with Crippen LogP contribution >= 0.6 is 0 Å². The molecule has 3 heteroatoms. The lowest BCUT2D eigenvalue weighted by atomic mass is 9.92. The van der Waals surface area contributed by atoms with Crippen LogP contribution in [0.25, 0.3) is 0 Å². The van der Waals surface area contributed by atoms with Gasteiger partial charge in [-0.25, -0.2) is 0 Å². The molecule has 0 spiro atoms. The lowest BCUT2D eigenvalue weighted by Crippen LogP contribution is -2.29. The summed E-state index contributed by atoms with van der Waals surface area (Å²) in [5.74, 6) is 0. The van der Waals surface area contributed by atoms with Crippen LogP contribution in [0, 0.1) is 0 Å². The molecule has 0 aromatic rings. The van der Waals surface area contributed by atoms with E-state index in [4.69, 9.17) is 11.5 Å². The minimum Gasteiger partial charge on any atom is -0.402 e. The molecule has 0 radical (unpaired) electrons. The summed E-state index contributed by atoms with van der Waals surface area (Å²) >= 11 is 0. The van der Waals surface area contributed by atoms with Crippen LogP contribution in [0.3, 0.4) is 0 Å². The predicted molar refractivity (Wildman–Crippen MR) is 83.6 cm³/mol. The van der Waals surface area contributed by atoms with Crippen molar-refractivity contribution in [3.63, 3.8) is 0 Å². The first kappa shape index (κ1) is 15.7. The Bertz CT molecular complexity index is 416. The van der Waals surface area contributed by atoms with Gasteiger partial charge in [0.15, 0.2) is 0 Å². The van der Waals surface area contributed by atoms with E-state index in [0.717, 1.165) is 30.5 Å². The summed E-state index contributed by atoms with van der Waals surface area (Å²) < 4.78 is 0. The fraction of sp³-hybridized carbons (Fsp3) is 0.500. The van der Waals surface area contributed by atoms with Gasteiger partial charge in [0, 0.05) is 24.2 Å². The van der Waals surface area contributed by atoms with Gasteiger partial charge < -0.3 is 16.8 Å². The largest absolute Gasteiger partial charge is 0.402 e. The smallest absolute Gasteiger partial charge is 0.0500 e. The van der Waals surface area contributed by atoms with Gasteiger partial charge in [0.2, 0.25) is 0 Å². The number of allylic oxidation sites excluding steroid dienone is 2. The molecule has 0 saturated heterocycles. The average Bonchev–Trinajstić information content (AvgIpc) is 2.35. The van der Waals surface area contributed by atoms with Gasteiger partial charge in [0.05, 0.1) is 0 Å². The first-order valence-corrected chi connectivity index (χ1v) is 6.87. The number of rotatable bonds is 6. The average molecular weight is 261 g/mol. The van der Waals surface area contributed by atoms with Crippen molar-refractivity contribution in [2.45, 2.75) is 45.2 Å². The second kappa shape index (κ2) is 7.31. The highest BCUT2D eigenvalue weighted by molar-refractivity contribution is 5.39. The molecule has 0 aliphatic heterocycles. The molecule has 0 bridgehead atoms. The van der Waals surface area contributed by atoms with E-state index in [9.17, 15) is 0 Å². The number of hydrogen-bond donors (Lipinski definition) is 3. The molecule has 19 heavy (non-hydrogen) atoms. The lowest BCUT2D eigenvalue weighted by Gasteiger charge is -2.20. The van der Waals surface area contributed by atoms with E-state index in [0.29, 0.717) is 0 Å². The van der Waals surface area contributed by atoms with Crippen molar-refractivity contribution in [2.75, 3.05) is 7.05 Å². The van der Waals surface area contributed by atoms with Gasteiger partial charge in [0.25, 0.3) is 0 Å². The molecule has 1 rings (SSSR count). The maximum atomic E-state index is 6.22. The lowest BCUT2D eigenvalue weighted by molar-refractivity contribution is 0.625. The molecule has 0 heterocycles. The van der Waals surface area contributed by atoms with Crippen molar-refractivity contribution >= 4 is 0 Å². The van der Waals surface area contributed by atoms with Crippen molar-refractivity contribution < 1.29 is 0 Å². The molecule has 0 saturated carbocycles. The molecular weight excluding hydrogens is 234 g/mol. The van der Waals surface area contributed by atoms with Crippen LogP contribution in [0.5, 0.6) is 0 Å². The van der Waals surface area contributed by atoms with E-state index < -0.39 is 0 Å². The molecule has 0 aromatic carbocycles. The Kier molecular flexibility index (Phi) is 6.06. The molecule has 1 aliphatic rings. The SMILES string of the molecule is C=C(C)C(C/C(N)=C/C(N)C1=CCCC=C1C)NC. The summed E-state index contributed by atoms with van der Waals surface area (Å²) in [7, 11) is 1.92. The number of likely N-dealkylation sites (N-methyl/N-ethyl adjacent to an activating group) is 1. The van der Waals surface area contributed by atoms with Gasteiger partial charge >= 0.3 is 0 Å². The third-order valence-electron chi connectivity index (χ3n) is 3.57. The number of nitrogens with one attached hydrogen (secondary N) is 1. The van der Waals surface area contributed by atoms with Crippen LogP contribution in [0.2, 0.25) is 0 Å². The van der Waals surface area contributed by atoms with Crippen LogP contribution in [-0.2, 0) is 0 Å². The topological polar surface area (TPSA) is 64.1 Å². The molecule has 106 valence electrons. The summed E-state index contributed by atoms with van der Waals surface area (Å²) in [6.07, 6.45) is 9.34. The number of hydrogen-bond acceptors (Lipinski definition) is 3. The van der Waals surface area contributed by atoms with Gasteiger partial charge in [-0.05, 0) is 45.4 Å². The first-order valence-electron chi connectivity index (χ1n) is 6.87. The maximum Gasteiger partial charge on any atom is 0.0500 e. The third-order valence-corrected chi connectivity index (χ3v) is 3.57. The summed E-state index contributed by atoms with van der Waals surface area (Å²) in [6.45, 7) is 8.08. The molecule has 2 atom stereocenters. The Morgan fingerprint density at radius 2 is 2.11 bits per heavy atom. The Labute approximate surface area is 117 Å². The number of nitrogens with two attached hydrogens (primary N) is 2.